The first-order chi connectivity index (χ1) is 13.9. The molecular formula is C24H21ClN2O2. The number of benzene rings is 3. The van der Waals surface area contributed by atoms with Crippen LogP contribution < -0.4 is 10.2 Å². The van der Waals surface area contributed by atoms with Crippen molar-refractivity contribution in [3.8, 4) is 0 Å². The number of aryl methyl sites for hydroxylation is 2. The summed E-state index contributed by atoms with van der Waals surface area (Å²) in [7, 11) is 0. The highest BCUT2D eigenvalue weighted by atomic mass is 35.5. The summed E-state index contributed by atoms with van der Waals surface area (Å²) in [4.78, 5) is 28.0. The molecule has 3 aromatic carbocycles. The van der Waals surface area contributed by atoms with Crippen LogP contribution in [0.1, 0.15) is 23.1 Å². The van der Waals surface area contributed by atoms with Crippen molar-refractivity contribution in [2.24, 2.45) is 0 Å². The monoisotopic (exact) mass is 404 g/mol. The molecular weight excluding hydrogens is 384 g/mol. The summed E-state index contributed by atoms with van der Waals surface area (Å²) >= 11 is 6.02. The fourth-order valence-corrected chi connectivity index (χ4v) is 4.07. The Balaban J connectivity index is 1.81. The molecule has 1 saturated heterocycles. The highest BCUT2D eigenvalue weighted by Gasteiger charge is 2.58. The van der Waals surface area contributed by atoms with Crippen molar-refractivity contribution in [2.45, 2.75) is 25.8 Å². The lowest BCUT2D eigenvalue weighted by Crippen LogP contribution is -2.67. The lowest BCUT2D eigenvalue weighted by Gasteiger charge is -2.50. The summed E-state index contributed by atoms with van der Waals surface area (Å²) in [5.74, 6) is -0.330. The molecule has 2 amide bonds. The molecule has 0 spiro atoms. The Kier molecular flexibility index (Phi) is 4.89. The molecule has 1 atom stereocenters. The standard InChI is InChI=1S/C24H21ClN2O2/c1-16-7-6-8-17(2)22(16)26-23(29)24(18-9-4-3-5-10-18)15-21(28)27(24)20-13-11-19(25)12-14-20/h3-14H,15H2,1-2H3,(H,26,29)/t24-/m1/s1. The Labute approximate surface area is 175 Å². The number of carbonyl (C=O) groups excluding carboxylic acids is 2. The van der Waals surface area contributed by atoms with Crippen LogP contribution in [0.3, 0.4) is 0 Å². The predicted molar refractivity (Wildman–Crippen MR) is 116 cm³/mol. The van der Waals surface area contributed by atoms with Crippen molar-refractivity contribution in [2.75, 3.05) is 10.2 Å². The molecule has 0 saturated carbocycles. The third-order valence-electron chi connectivity index (χ3n) is 5.47. The van der Waals surface area contributed by atoms with E-state index in [1.165, 1.54) is 0 Å². The highest BCUT2D eigenvalue weighted by Crippen LogP contribution is 2.46. The molecule has 1 aliphatic rings. The first kappa shape index (κ1) is 19.2. The van der Waals surface area contributed by atoms with E-state index in [-0.39, 0.29) is 18.2 Å². The fourth-order valence-electron chi connectivity index (χ4n) is 3.94. The quantitative estimate of drug-likeness (QED) is 0.605. The fraction of sp³-hybridized carbons (Fsp3) is 0.167. The molecule has 1 heterocycles. The van der Waals surface area contributed by atoms with Gasteiger partial charge < -0.3 is 5.32 Å². The number of para-hydroxylation sites is 1. The minimum absolute atomic E-state index is 0.104. The van der Waals surface area contributed by atoms with Crippen molar-refractivity contribution in [3.05, 3.63) is 94.5 Å². The van der Waals surface area contributed by atoms with Gasteiger partial charge in [0.2, 0.25) is 5.91 Å². The molecule has 0 radical (unpaired) electrons. The summed E-state index contributed by atoms with van der Waals surface area (Å²) in [6.07, 6.45) is 0.108. The topological polar surface area (TPSA) is 49.4 Å². The number of hydrogen-bond acceptors (Lipinski definition) is 2. The Morgan fingerprint density at radius 2 is 1.55 bits per heavy atom. The van der Waals surface area contributed by atoms with Crippen LogP contribution in [0.15, 0.2) is 72.8 Å². The van der Waals surface area contributed by atoms with Crippen LogP contribution in [-0.4, -0.2) is 11.8 Å². The average molecular weight is 405 g/mol. The van der Waals surface area contributed by atoms with Gasteiger partial charge in [-0.25, -0.2) is 0 Å². The number of anilines is 2. The summed E-state index contributed by atoms with van der Waals surface area (Å²) in [5.41, 5.74) is 3.05. The second kappa shape index (κ2) is 7.37. The molecule has 4 nitrogen and oxygen atoms in total. The summed E-state index contributed by atoms with van der Waals surface area (Å²) in [6.45, 7) is 3.92. The predicted octanol–water partition coefficient (Wildman–Crippen LogP) is 5.23. The zero-order chi connectivity index (χ0) is 20.6. The van der Waals surface area contributed by atoms with Gasteiger partial charge in [-0.2, -0.15) is 0 Å². The van der Waals surface area contributed by atoms with Gasteiger partial charge in [0.05, 0.1) is 6.42 Å². The van der Waals surface area contributed by atoms with Crippen molar-refractivity contribution < 1.29 is 9.59 Å². The van der Waals surface area contributed by atoms with Gasteiger partial charge in [0, 0.05) is 16.4 Å². The number of amides is 2. The van der Waals surface area contributed by atoms with Gasteiger partial charge in [0.1, 0.15) is 0 Å². The van der Waals surface area contributed by atoms with E-state index >= 15 is 0 Å². The van der Waals surface area contributed by atoms with Crippen LogP contribution >= 0.6 is 11.6 Å². The van der Waals surface area contributed by atoms with Crippen molar-refractivity contribution in [1.29, 1.82) is 0 Å². The maximum Gasteiger partial charge on any atom is 0.255 e. The molecule has 29 heavy (non-hydrogen) atoms. The number of β-lactam (4-membered cyclic amide) rings is 1. The molecule has 0 bridgehead atoms. The normalized spacial score (nSPS) is 18.3. The Morgan fingerprint density at radius 1 is 0.931 bits per heavy atom. The lowest BCUT2D eigenvalue weighted by molar-refractivity contribution is -0.137. The highest BCUT2D eigenvalue weighted by molar-refractivity contribution is 6.30. The van der Waals surface area contributed by atoms with E-state index < -0.39 is 5.54 Å². The molecule has 1 N–H and O–H groups in total. The number of carbonyl (C=O) groups is 2. The Bertz CT molecular complexity index is 1060. The first-order valence-electron chi connectivity index (χ1n) is 9.45. The maximum atomic E-state index is 13.7. The molecule has 0 aromatic heterocycles. The van der Waals surface area contributed by atoms with Gasteiger partial charge in [-0.3, -0.25) is 14.5 Å². The maximum absolute atomic E-state index is 13.7. The number of halogens is 1. The van der Waals surface area contributed by atoms with Crippen molar-refractivity contribution in [3.63, 3.8) is 0 Å². The van der Waals surface area contributed by atoms with E-state index in [0.717, 1.165) is 22.4 Å². The second-order valence-electron chi connectivity index (χ2n) is 7.33. The van der Waals surface area contributed by atoms with Gasteiger partial charge in [-0.15, -0.1) is 0 Å². The van der Waals surface area contributed by atoms with Gasteiger partial charge in [0.15, 0.2) is 5.54 Å². The molecule has 0 unspecified atom stereocenters. The van der Waals surface area contributed by atoms with E-state index in [0.29, 0.717) is 10.7 Å². The number of rotatable bonds is 4. The number of hydrogen-bond donors (Lipinski definition) is 1. The van der Waals surface area contributed by atoms with Crippen LogP contribution in [0.2, 0.25) is 5.02 Å². The zero-order valence-electron chi connectivity index (χ0n) is 16.3. The molecule has 4 rings (SSSR count). The van der Waals surface area contributed by atoms with Crippen LogP contribution in [0, 0.1) is 13.8 Å². The molecule has 1 fully saturated rings. The van der Waals surface area contributed by atoms with Crippen LogP contribution in [0.5, 0.6) is 0 Å². The smallest absolute Gasteiger partial charge is 0.255 e. The van der Waals surface area contributed by atoms with Gasteiger partial charge in [-0.1, -0.05) is 60.1 Å². The van der Waals surface area contributed by atoms with E-state index in [2.05, 4.69) is 5.32 Å². The van der Waals surface area contributed by atoms with Gasteiger partial charge in [-0.05, 0) is 54.8 Å². The average Bonchev–Trinajstić information content (AvgIpc) is 2.71. The largest absolute Gasteiger partial charge is 0.323 e. The van der Waals surface area contributed by atoms with Crippen LogP contribution in [-0.2, 0) is 15.1 Å². The van der Waals surface area contributed by atoms with Crippen molar-refractivity contribution in [1.82, 2.24) is 0 Å². The summed E-state index contributed by atoms with van der Waals surface area (Å²) in [6, 6.07) is 22.3. The lowest BCUT2D eigenvalue weighted by atomic mass is 9.76. The van der Waals surface area contributed by atoms with E-state index in [1.807, 2.05) is 62.4 Å². The minimum atomic E-state index is -1.11. The van der Waals surface area contributed by atoms with E-state index in [9.17, 15) is 9.59 Å². The molecule has 3 aromatic rings. The summed E-state index contributed by atoms with van der Waals surface area (Å²) < 4.78 is 0. The Morgan fingerprint density at radius 3 is 2.14 bits per heavy atom. The van der Waals surface area contributed by atoms with Gasteiger partial charge >= 0.3 is 0 Å². The first-order valence-corrected chi connectivity index (χ1v) is 9.83. The Hall–Kier alpha value is -3.11. The summed E-state index contributed by atoms with van der Waals surface area (Å²) in [5, 5.41) is 3.67. The van der Waals surface area contributed by atoms with Gasteiger partial charge in [0.25, 0.3) is 5.91 Å². The second-order valence-corrected chi connectivity index (χ2v) is 7.77. The van der Waals surface area contributed by atoms with E-state index in [4.69, 9.17) is 11.6 Å². The third-order valence-corrected chi connectivity index (χ3v) is 5.72. The number of nitrogens with zero attached hydrogens (tertiary/aromatic N) is 1. The minimum Gasteiger partial charge on any atom is -0.323 e. The molecule has 5 heteroatoms. The van der Waals surface area contributed by atoms with Crippen LogP contribution in [0.4, 0.5) is 11.4 Å². The zero-order valence-corrected chi connectivity index (χ0v) is 17.0. The molecule has 0 aliphatic carbocycles. The number of nitrogens with one attached hydrogen (secondary N) is 1. The SMILES string of the molecule is Cc1cccc(C)c1NC(=O)[C@]1(c2ccccc2)CC(=O)N1c1ccc(Cl)cc1. The van der Waals surface area contributed by atoms with E-state index in [1.54, 1.807) is 29.2 Å². The third kappa shape index (κ3) is 3.19. The van der Waals surface area contributed by atoms with Crippen LogP contribution in [0.25, 0.3) is 0 Å². The van der Waals surface area contributed by atoms with Crippen molar-refractivity contribution >= 4 is 34.8 Å². The molecule has 1 aliphatic heterocycles. The molecule has 146 valence electrons.